The monoisotopic (exact) mass is 344 g/mol. The molecule has 0 aromatic heterocycles. The van der Waals surface area contributed by atoms with E-state index in [-0.39, 0.29) is 12.7 Å². The summed E-state index contributed by atoms with van der Waals surface area (Å²) < 4.78 is 10.6. The molecule has 0 bridgehead atoms. The van der Waals surface area contributed by atoms with Crippen molar-refractivity contribution in [3.63, 3.8) is 0 Å². The number of hydrogen-bond donors (Lipinski definition) is 1. The molecule has 1 aliphatic heterocycles. The predicted octanol–water partition coefficient (Wildman–Crippen LogP) is 3.85. The van der Waals surface area contributed by atoms with Gasteiger partial charge in [0.1, 0.15) is 0 Å². The van der Waals surface area contributed by atoms with Crippen LogP contribution in [0.25, 0.3) is 11.1 Å². The molecule has 26 heavy (non-hydrogen) atoms. The number of ether oxygens (including phenoxy) is 2. The summed E-state index contributed by atoms with van der Waals surface area (Å²) in [5.41, 5.74) is 6.07. The van der Waals surface area contributed by atoms with E-state index in [4.69, 9.17) is 9.47 Å². The fourth-order valence-corrected chi connectivity index (χ4v) is 2.67. The largest absolute Gasteiger partial charge is 0.454 e. The molecular weight excluding hydrogens is 328 g/mol. The average Bonchev–Trinajstić information content (AvgIpc) is 3.16. The average molecular weight is 344 g/mol. The smallest absolute Gasteiger partial charge is 0.271 e. The van der Waals surface area contributed by atoms with Crippen LogP contribution in [0.4, 0.5) is 0 Å². The van der Waals surface area contributed by atoms with Crippen molar-refractivity contribution >= 4 is 12.1 Å². The fraction of sp³-hybridized carbons (Fsp3) is 0.0476. The summed E-state index contributed by atoms with van der Waals surface area (Å²) in [5, 5.41) is 4.00. The van der Waals surface area contributed by atoms with Gasteiger partial charge >= 0.3 is 0 Å². The zero-order chi connectivity index (χ0) is 17.8. The molecule has 0 saturated heterocycles. The molecule has 0 saturated carbocycles. The highest BCUT2D eigenvalue weighted by atomic mass is 16.7. The number of fused-ring (bicyclic) bond motifs is 1. The zero-order valence-corrected chi connectivity index (χ0v) is 13.9. The Morgan fingerprint density at radius 1 is 0.885 bits per heavy atom. The summed E-state index contributed by atoms with van der Waals surface area (Å²) in [6.45, 7) is 0.228. The summed E-state index contributed by atoms with van der Waals surface area (Å²) >= 11 is 0. The van der Waals surface area contributed by atoms with Crippen molar-refractivity contribution in [2.75, 3.05) is 6.79 Å². The molecule has 0 aliphatic carbocycles. The Balaban J connectivity index is 1.40. The van der Waals surface area contributed by atoms with Gasteiger partial charge in [0, 0.05) is 5.56 Å². The second-order valence-electron chi connectivity index (χ2n) is 5.76. The van der Waals surface area contributed by atoms with Crippen LogP contribution in [0, 0.1) is 0 Å². The predicted molar refractivity (Wildman–Crippen MR) is 99.5 cm³/mol. The van der Waals surface area contributed by atoms with Crippen molar-refractivity contribution < 1.29 is 14.3 Å². The maximum atomic E-state index is 12.2. The van der Waals surface area contributed by atoms with Gasteiger partial charge in [0.15, 0.2) is 11.5 Å². The molecule has 0 atom stereocenters. The third-order valence-electron chi connectivity index (χ3n) is 4.03. The molecule has 0 fully saturated rings. The van der Waals surface area contributed by atoms with Crippen molar-refractivity contribution in [3.05, 3.63) is 83.9 Å². The Morgan fingerprint density at radius 3 is 2.42 bits per heavy atom. The van der Waals surface area contributed by atoms with Crippen molar-refractivity contribution in [1.29, 1.82) is 0 Å². The fourth-order valence-electron chi connectivity index (χ4n) is 2.67. The van der Waals surface area contributed by atoms with E-state index in [1.807, 2.05) is 60.7 Å². The Morgan fingerprint density at radius 2 is 1.62 bits per heavy atom. The van der Waals surface area contributed by atoms with Crippen LogP contribution in [0.5, 0.6) is 11.5 Å². The van der Waals surface area contributed by atoms with E-state index in [9.17, 15) is 4.79 Å². The van der Waals surface area contributed by atoms with Crippen LogP contribution in [0.1, 0.15) is 15.9 Å². The van der Waals surface area contributed by atoms with Gasteiger partial charge in [-0.15, -0.1) is 0 Å². The van der Waals surface area contributed by atoms with Crippen LogP contribution in [-0.2, 0) is 0 Å². The molecule has 128 valence electrons. The minimum atomic E-state index is -0.262. The van der Waals surface area contributed by atoms with E-state index in [2.05, 4.69) is 10.5 Å². The number of carbonyl (C=O) groups is 1. The first-order valence-corrected chi connectivity index (χ1v) is 8.18. The maximum Gasteiger partial charge on any atom is 0.271 e. The topological polar surface area (TPSA) is 59.9 Å². The van der Waals surface area contributed by atoms with Crippen LogP contribution >= 0.6 is 0 Å². The van der Waals surface area contributed by atoms with Gasteiger partial charge in [-0.05, 0) is 47.0 Å². The molecule has 0 unspecified atom stereocenters. The van der Waals surface area contributed by atoms with Gasteiger partial charge in [-0.1, -0.05) is 42.5 Å². The quantitative estimate of drug-likeness (QED) is 0.578. The Bertz CT molecular complexity index is 951. The van der Waals surface area contributed by atoms with E-state index in [1.165, 1.54) is 0 Å². The number of amides is 1. The lowest BCUT2D eigenvalue weighted by Crippen LogP contribution is -2.17. The molecule has 1 heterocycles. The van der Waals surface area contributed by atoms with Gasteiger partial charge < -0.3 is 9.47 Å². The summed E-state index contributed by atoms with van der Waals surface area (Å²) in [7, 11) is 0. The third kappa shape index (κ3) is 3.42. The van der Waals surface area contributed by atoms with Gasteiger partial charge in [0.2, 0.25) is 6.79 Å². The van der Waals surface area contributed by atoms with Crippen LogP contribution in [0.3, 0.4) is 0 Å². The highest BCUT2D eigenvalue weighted by molar-refractivity contribution is 5.95. The SMILES string of the molecule is O=C(NN=Cc1ccc2c(c1)OCO2)c1ccc(-c2ccccc2)cc1. The van der Waals surface area contributed by atoms with Gasteiger partial charge in [-0.25, -0.2) is 5.43 Å². The highest BCUT2D eigenvalue weighted by Gasteiger charge is 2.12. The molecule has 3 aromatic carbocycles. The number of rotatable bonds is 4. The van der Waals surface area contributed by atoms with E-state index in [0.29, 0.717) is 17.1 Å². The number of nitrogens with one attached hydrogen (secondary N) is 1. The Kier molecular flexibility index (Phi) is 4.35. The zero-order valence-electron chi connectivity index (χ0n) is 13.9. The molecule has 0 radical (unpaired) electrons. The van der Waals surface area contributed by atoms with Crippen LogP contribution in [0.2, 0.25) is 0 Å². The minimum Gasteiger partial charge on any atom is -0.454 e. The van der Waals surface area contributed by atoms with Crippen LogP contribution in [-0.4, -0.2) is 18.9 Å². The van der Waals surface area contributed by atoms with Gasteiger partial charge in [-0.2, -0.15) is 5.10 Å². The molecule has 4 rings (SSSR count). The lowest BCUT2D eigenvalue weighted by Gasteiger charge is -2.04. The molecule has 5 heteroatoms. The first-order valence-electron chi connectivity index (χ1n) is 8.18. The Labute approximate surface area is 150 Å². The number of carbonyl (C=O) groups excluding carboxylic acids is 1. The summed E-state index contributed by atoms with van der Waals surface area (Å²) in [4.78, 5) is 12.2. The van der Waals surface area contributed by atoms with Crippen molar-refractivity contribution in [1.82, 2.24) is 5.43 Å². The van der Waals surface area contributed by atoms with Crippen molar-refractivity contribution in [2.24, 2.45) is 5.10 Å². The number of nitrogens with zero attached hydrogens (tertiary/aromatic N) is 1. The van der Waals surface area contributed by atoms with Crippen LogP contribution in [0.15, 0.2) is 77.9 Å². The van der Waals surface area contributed by atoms with E-state index in [1.54, 1.807) is 18.3 Å². The van der Waals surface area contributed by atoms with Crippen LogP contribution < -0.4 is 14.9 Å². The second-order valence-corrected chi connectivity index (χ2v) is 5.76. The van der Waals surface area contributed by atoms with Crippen molar-refractivity contribution in [2.45, 2.75) is 0 Å². The summed E-state index contributed by atoms with van der Waals surface area (Å²) in [6.07, 6.45) is 1.57. The molecule has 3 aromatic rings. The van der Waals surface area contributed by atoms with Crippen molar-refractivity contribution in [3.8, 4) is 22.6 Å². The van der Waals surface area contributed by atoms with Gasteiger partial charge in [0.05, 0.1) is 6.21 Å². The first-order chi connectivity index (χ1) is 12.8. The second kappa shape index (κ2) is 7.11. The van der Waals surface area contributed by atoms with Gasteiger partial charge in [-0.3, -0.25) is 4.79 Å². The standard InChI is InChI=1S/C21H16N2O3/c24-21(18-9-7-17(8-10-18)16-4-2-1-3-5-16)23-22-13-15-6-11-19-20(12-15)26-14-25-19/h1-13H,14H2,(H,23,24). The number of benzene rings is 3. The first kappa shape index (κ1) is 15.9. The molecule has 1 N–H and O–H groups in total. The molecular formula is C21H16N2O3. The number of hydrazone groups is 1. The lowest BCUT2D eigenvalue weighted by atomic mass is 10.0. The van der Waals surface area contributed by atoms with Gasteiger partial charge in [0.25, 0.3) is 5.91 Å². The maximum absolute atomic E-state index is 12.2. The molecule has 0 spiro atoms. The Hall–Kier alpha value is -3.60. The summed E-state index contributed by atoms with van der Waals surface area (Å²) in [6, 6.07) is 22.9. The molecule has 1 aliphatic rings. The normalized spacial score (nSPS) is 12.3. The lowest BCUT2D eigenvalue weighted by molar-refractivity contribution is 0.0955. The highest BCUT2D eigenvalue weighted by Crippen LogP contribution is 2.31. The third-order valence-corrected chi connectivity index (χ3v) is 4.03. The summed E-state index contributed by atoms with van der Waals surface area (Å²) in [5.74, 6) is 1.13. The van der Waals surface area contributed by atoms with E-state index < -0.39 is 0 Å². The van der Waals surface area contributed by atoms with E-state index in [0.717, 1.165) is 16.7 Å². The minimum absolute atomic E-state index is 0.228. The van der Waals surface area contributed by atoms with E-state index >= 15 is 0 Å². The number of hydrogen-bond acceptors (Lipinski definition) is 4. The molecule has 5 nitrogen and oxygen atoms in total. The molecule has 1 amide bonds.